The fourth-order valence-corrected chi connectivity index (χ4v) is 3.82. The fourth-order valence-electron chi connectivity index (χ4n) is 2.75. The first-order chi connectivity index (χ1) is 13.2. The van der Waals surface area contributed by atoms with Gasteiger partial charge in [-0.3, -0.25) is 9.69 Å². The second-order valence-corrected chi connectivity index (χ2v) is 7.22. The van der Waals surface area contributed by atoms with Crippen LogP contribution in [-0.4, -0.2) is 10.9 Å². The van der Waals surface area contributed by atoms with Gasteiger partial charge in [-0.1, -0.05) is 47.7 Å². The molecule has 0 saturated heterocycles. The third-order valence-electron chi connectivity index (χ3n) is 4.14. The minimum atomic E-state index is -0.133. The van der Waals surface area contributed by atoms with Gasteiger partial charge in [-0.05, 0) is 48.4 Å². The van der Waals surface area contributed by atoms with Gasteiger partial charge in [0.05, 0.1) is 23.0 Å². The van der Waals surface area contributed by atoms with Crippen LogP contribution < -0.4 is 4.90 Å². The molecule has 0 atom stereocenters. The third-order valence-corrected chi connectivity index (χ3v) is 5.18. The number of benzene rings is 2. The number of hydrogen-bond acceptors (Lipinski definition) is 4. The van der Waals surface area contributed by atoms with Gasteiger partial charge in [0.2, 0.25) is 0 Å². The van der Waals surface area contributed by atoms with Crippen molar-refractivity contribution in [1.82, 2.24) is 4.98 Å². The Balaban J connectivity index is 1.67. The maximum absolute atomic E-state index is 13.0. The van der Waals surface area contributed by atoms with Gasteiger partial charge in [0, 0.05) is 6.08 Å². The molecule has 5 heteroatoms. The Labute approximate surface area is 161 Å². The molecule has 0 saturated carbocycles. The van der Waals surface area contributed by atoms with Crippen LogP contribution in [0.2, 0.25) is 0 Å². The van der Waals surface area contributed by atoms with E-state index in [2.05, 4.69) is 11.1 Å². The van der Waals surface area contributed by atoms with Gasteiger partial charge in [0.15, 0.2) is 5.13 Å². The summed E-state index contributed by atoms with van der Waals surface area (Å²) in [5.74, 6) is 0.581. The van der Waals surface area contributed by atoms with Crippen molar-refractivity contribution >= 4 is 38.7 Å². The van der Waals surface area contributed by atoms with Gasteiger partial charge >= 0.3 is 0 Å². The number of hydrogen-bond donors (Lipinski definition) is 0. The molecule has 2 aromatic carbocycles. The molecule has 4 aromatic rings. The van der Waals surface area contributed by atoms with Gasteiger partial charge in [0.1, 0.15) is 5.76 Å². The smallest absolute Gasteiger partial charge is 0.253 e. The van der Waals surface area contributed by atoms with Crippen molar-refractivity contribution in [2.24, 2.45) is 0 Å². The Morgan fingerprint density at radius 1 is 1.15 bits per heavy atom. The summed E-state index contributed by atoms with van der Waals surface area (Å²) in [6, 6.07) is 19.5. The lowest BCUT2D eigenvalue weighted by Gasteiger charge is -2.16. The number of aromatic nitrogens is 1. The summed E-state index contributed by atoms with van der Waals surface area (Å²) in [5, 5.41) is 0.662. The fraction of sp³-hybridized carbons (Fsp3) is 0.0909. The number of fused-ring (bicyclic) bond motifs is 1. The molecule has 4 rings (SSSR count). The standard InChI is InChI=1S/C22H18N2O2S/c1-16-9-11-19-20(14-16)27-22(23-19)24(15-18-8-5-13-26-18)21(25)12-10-17-6-3-2-4-7-17/h2-14H,15H2,1H3/b12-10+. The monoisotopic (exact) mass is 374 g/mol. The highest BCUT2D eigenvalue weighted by Gasteiger charge is 2.19. The number of carbonyl (C=O) groups is 1. The minimum Gasteiger partial charge on any atom is -0.467 e. The number of carbonyl (C=O) groups excluding carboxylic acids is 1. The van der Waals surface area contributed by atoms with Gasteiger partial charge in [0.25, 0.3) is 5.91 Å². The average molecular weight is 374 g/mol. The summed E-state index contributed by atoms with van der Waals surface area (Å²) < 4.78 is 6.51. The van der Waals surface area contributed by atoms with Crippen LogP contribution >= 0.6 is 11.3 Å². The molecule has 134 valence electrons. The Morgan fingerprint density at radius 2 is 2.00 bits per heavy atom. The number of nitrogens with zero attached hydrogens (tertiary/aromatic N) is 2. The van der Waals surface area contributed by atoms with E-state index in [9.17, 15) is 4.79 Å². The molecule has 27 heavy (non-hydrogen) atoms. The number of furan rings is 1. The maximum Gasteiger partial charge on any atom is 0.253 e. The molecule has 0 radical (unpaired) electrons. The topological polar surface area (TPSA) is 46.3 Å². The lowest BCUT2D eigenvalue weighted by molar-refractivity contribution is -0.114. The van der Waals surface area contributed by atoms with Crippen LogP contribution in [0.1, 0.15) is 16.9 Å². The van der Waals surface area contributed by atoms with E-state index >= 15 is 0 Å². The van der Waals surface area contributed by atoms with Gasteiger partial charge in [-0.15, -0.1) is 0 Å². The zero-order valence-corrected chi connectivity index (χ0v) is 15.6. The molecule has 0 fully saturated rings. The molecule has 0 bridgehead atoms. The van der Waals surface area contributed by atoms with Gasteiger partial charge < -0.3 is 4.42 Å². The maximum atomic E-state index is 13.0. The van der Waals surface area contributed by atoms with Gasteiger partial charge in [-0.25, -0.2) is 4.98 Å². The quantitative estimate of drug-likeness (QED) is 0.437. The largest absolute Gasteiger partial charge is 0.467 e. The van der Waals surface area contributed by atoms with E-state index in [1.54, 1.807) is 17.2 Å². The van der Waals surface area contributed by atoms with Crippen LogP contribution in [0, 0.1) is 6.92 Å². The molecule has 0 aliphatic rings. The summed E-state index contributed by atoms with van der Waals surface area (Å²) in [4.78, 5) is 19.3. The SMILES string of the molecule is Cc1ccc2nc(N(Cc3ccco3)C(=O)/C=C/c3ccccc3)sc2c1. The van der Waals surface area contributed by atoms with Crippen LogP contribution in [0.15, 0.2) is 77.4 Å². The summed E-state index contributed by atoms with van der Waals surface area (Å²) >= 11 is 1.51. The van der Waals surface area contributed by atoms with E-state index in [4.69, 9.17) is 4.42 Å². The van der Waals surface area contributed by atoms with Crippen molar-refractivity contribution in [3.05, 3.63) is 89.9 Å². The number of anilines is 1. The van der Waals surface area contributed by atoms with Crippen molar-refractivity contribution in [2.45, 2.75) is 13.5 Å². The highest BCUT2D eigenvalue weighted by Crippen LogP contribution is 2.30. The first-order valence-corrected chi connectivity index (χ1v) is 9.45. The van der Waals surface area contributed by atoms with Crippen LogP contribution in [0.4, 0.5) is 5.13 Å². The Bertz CT molecular complexity index is 1080. The summed E-state index contributed by atoms with van der Waals surface area (Å²) in [5.41, 5.74) is 3.04. The summed E-state index contributed by atoms with van der Waals surface area (Å²) in [6.45, 7) is 2.39. The zero-order chi connectivity index (χ0) is 18.6. The molecule has 2 heterocycles. The first kappa shape index (κ1) is 17.2. The Kier molecular flexibility index (Phi) is 4.85. The van der Waals surface area contributed by atoms with Crippen molar-refractivity contribution in [3.63, 3.8) is 0 Å². The van der Waals surface area contributed by atoms with E-state index in [0.717, 1.165) is 15.8 Å². The van der Waals surface area contributed by atoms with E-state index < -0.39 is 0 Å². The number of thiazole rings is 1. The molecule has 0 aliphatic carbocycles. The molecular formula is C22H18N2O2S. The molecule has 0 unspecified atom stereocenters. The van der Waals surface area contributed by atoms with Gasteiger partial charge in [-0.2, -0.15) is 0 Å². The average Bonchev–Trinajstić information content (AvgIpc) is 3.34. The Hall–Kier alpha value is -3.18. The molecule has 0 N–H and O–H groups in total. The highest BCUT2D eigenvalue weighted by molar-refractivity contribution is 7.22. The highest BCUT2D eigenvalue weighted by atomic mass is 32.1. The van der Waals surface area contributed by atoms with Crippen molar-refractivity contribution in [3.8, 4) is 0 Å². The molecule has 1 amide bonds. The number of amides is 1. The van der Waals surface area contributed by atoms with E-state index in [-0.39, 0.29) is 5.91 Å². The van der Waals surface area contributed by atoms with E-state index in [1.165, 1.54) is 16.9 Å². The Morgan fingerprint density at radius 3 is 2.78 bits per heavy atom. The van der Waals surface area contributed by atoms with Crippen LogP contribution in [0.3, 0.4) is 0 Å². The van der Waals surface area contributed by atoms with Crippen molar-refractivity contribution in [1.29, 1.82) is 0 Å². The lowest BCUT2D eigenvalue weighted by atomic mass is 10.2. The zero-order valence-electron chi connectivity index (χ0n) is 14.8. The molecular weight excluding hydrogens is 356 g/mol. The molecule has 4 nitrogen and oxygen atoms in total. The molecule has 0 aliphatic heterocycles. The van der Waals surface area contributed by atoms with Crippen molar-refractivity contribution in [2.75, 3.05) is 4.90 Å². The van der Waals surface area contributed by atoms with Crippen LogP contribution in [-0.2, 0) is 11.3 Å². The third kappa shape index (κ3) is 3.99. The lowest BCUT2D eigenvalue weighted by Crippen LogP contribution is -2.28. The minimum absolute atomic E-state index is 0.133. The normalized spacial score (nSPS) is 11.3. The number of aryl methyl sites for hydroxylation is 1. The van der Waals surface area contributed by atoms with Crippen molar-refractivity contribution < 1.29 is 9.21 Å². The summed E-state index contributed by atoms with van der Waals surface area (Å²) in [7, 11) is 0. The van der Waals surface area contributed by atoms with E-state index in [0.29, 0.717) is 17.4 Å². The first-order valence-electron chi connectivity index (χ1n) is 8.63. The number of rotatable bonds is 5. The van der Waals surface area contributed by atoms with Crippen LogP contribution in [0.25, 0.3) is 16.3 Å². The second kappa shape index (κ2) is 7.60. The summed E-state index contributed by atoms with van der Waals surface area (Å²) in [6.07, 6.45) is 5.00. The second-order valence-electron chi connectivity index (χ2n) is 6.22. The van der Waals surface area contributed by atoms with E-state index in [1.807, 2.05) is 67.6 Å². The molecule has 2 aromatic heterocycles. The van der Waals surface area contributed by atoms with Crippen LogP contribution in [0.5, 0.6) is 0 Å². The molecule has 0 spiro atoms. The predicted octanol–water partition coefficient (Wildman–Crippen LogP) is 5.44. The predicted molar refractivity (Wildman–Crippen MR) is 110 cm³/mol.